The predicted octanol–water partition coefficient (Wildman–Crippen LogP) is 0.646. The van der Waals surface area contributed by atoms with Crippen LogP contribution in [0.5, 0.6) is 0 Å². The first-order valence-corrected chi connectivity index (χ1v) is 2.88. The van der Waals surface area contributed by atoms with Crippen molar-refractivity contribution in [2.45, 2.75) is 6.18 Å². The second kappa shape index (κ2) is 2.58. The summed E-state index contributed by atoms with van der Waals surface area (Å²) in [6.07, 6.45) is -4.36. The zero-order valence-corrected chi connectivity index (χ0v) is 5.96. The number of rotatable bonds is 1. The van der Waals surface area contributed by atoms with Crippen LogP contribution >= 0.6 is 0 Å². The summed E-state index contributed by atoms with van der Waals surface area (Å²) in [7, 11) is 1.08. The van der Waals surface area contributed by atoms with Gasteiger partial charge in [0.05, 0.1) is 0 Å². The third-order valence-corrected chi connectivity index (χ3v) is 1.27. The fraction of sp³-hybridized carbons (Fsp3) is 0.400. The van der Waals surface area contributed by atoms with E-state index in [4.69, 9.17) is 0 Å². The minimum absolute atomic E-state index is 0.211. The molecule has 1 rings (SSSR count). The summed E-state index contributed by atoms with van der Waals surface area (Å²) in [6, 6.07) is 0. The summed E-state index contributed by atoms with van der Waals surface area (Å²) in [6.45, 7) is 0. The van der Waals surface area contributed by atoms with Crippen molar-refractivity contribution in [2.24, 2.45) is 7.05 Å². The highest BCUT2D eigenvalue weighted by Crippen LogP contribution is 2.26. The maximum absolute atomic E-state index is 12.0. The number of nitrogens with zero attached hydrogens (tertiary/aromatic N) is 3. The summed E-state index contributed by atoms with van der Waals surface area (Å²) in [5.74, 6) is -1.52. The second-order valence-electron chi connectivity index (χ2n) is 2.06. The first-order valence-electron chi connectivity index (χ1n) is 2.88. The lowest BCUT2D eigenvalue weighted by Crippen LogP contribution is -2.13. The highest BCUT2D eigenvalue weighted by Gasteiger charge is 2.37. The largest absolute Gasteiger partial charge is 0.451 e. The Morgan fingerprint density at radius 1 is 1.42 bits per heavy atom. The molecule has 0 atom stereocenters. The van der Waals surface area contributed by atoms with E-state index in [0.717, 1.165) is 7.05 Å². The van der Waals surface area contributed by atoms with Crippen molar-refractivity contribution in [1.29, 1.82) is 0 Å². The number of aromatic nitrogens is 3. The number of hydrogen-bond donors (Lipinski definition) is 0. The highest BCUT2D eigenvalue weighted by atomic mass is 19.4. The fourth-order valence-corrected chi connectivity index (χ4v) is 0.691. The topological polar surface area (TPSA) is 47.8 Å². The monoisotopic (exact) mass is 179 g/mol. The van der Waals surface area contributed by atoms with E-state index in [-0.39, 0.29) is 12.1 Å². The molecule has 0 radical (unpaired) electrons. The Hall–Kier alpha value is -1.40. The van der Waals surface area contributed by atoms with Crippen LogP contribution in [0.25, 0.3) is 0 Å². The fourth-order valence-electron chi connectivity index (χ4n) is 0.691. The van der Waals surface area contributed by atoms with Gasteiger partial charge in [0.1, 0.15) is 0 Å². The molecule has 0 spiro atoms. The Balaban J connectivity index is 3.19. The van der Waals surface area contributed by atoms with Crippen LogP contribution in [-0.4, -0.2) is 21.1 Å². The lowest BCUT2D eigenvalue weighted by atomic mass is 10.5. The molecule has 12 heavy (non-hydrogen) atoms. The number of halogens is 3. The quantitative estimate of drug-likeness (QED) is 0.594. The Morgan fingerprint density at radius 2 is 2.00 bits per heavy atom. The third-order valence-electron chi connectivity index (χ3n) is 1.27. The summed E-state index contributed by atoms with van der Waals surface area (Å²) < 4.78 is 36.5. The zero-order valence-electron chi connectivity index (χ0n) is 5.96. The number of hydrogen-bond acceptors (Lipinski definition) is 3. The van der Waals surface area contributed by atoms with E-state index < -0.39 is 12.0 Å². The Bertz CT molecular complexity index is 303. The molecular formula is C5H4F3N3O. The van der Waals surface area contributed by atoms with Gasteiger partial charge in [-0.2, -0.15) is 13.2 Å². The highest BCUT2D eigenvalue weighted by molar-refractivity contribution is 5.68. The number of carbonyl (C=O) groups is 1. The standard InChI is InChI=1S/C5H4F3N3O/c1-11-3(2-12)9-10-4(11)5(6,7)8/h2H,1H3. The number of aldehydes is 1. The van der Waals surface area contributed by atoms with Gasteiger partial charge in [-0.05, 0) is 0 Å². The molecule has 0 unspecified atom stereocenters. The minimum Gasteiger partial charge on any atom is -0.304 e. The third kappa shape index (κ3) is 1.29. The van der Waals surface area contributed by atoms with E-state index in [9.17, 15) is 18.0 Å². The van der Waals surface area contributed by atoms with Crippen LogP contribution in [0.4, 0.5) is 13.2 Å². The second-order valence-corrected chi connectivity index (χ2v) is 2.06. The molecule has 0 saturated carbocycles. The van der Waals surface area contributed by atoms with Crippen LogP contribution in [0.2, 0.25) is 0 Å². The summed E-state index contributed by atoms with van der Waals surface area (Å²) in [4.78, 5) is 10.1. The Kier molecular flexibility index (Phi) is 1.87. The van der Waals surface area contributed by atoms with Crippen molar-refractivity contribution in [3.8, 4) is 0 Å². The molecular weight excluding hydrogens is 175 g/mol. The van der Waals surface area contributed by atoms with Crippen molar-refractivity contribution in [3.05, 3.63) is 11.6 Å². The van der Waals surface area contributed by atoms with Crippen LogP contribution in [-0.2, 0) is 13.2 Å². The van der Waals surface area contributed by atoms with Gasteiger partial charge < -0.3 is 4.57 Å². The summed E-state index contributed by atoms with van der Waals surface area (Å²) in [5.41, 5.74) is 0. The summed E-state index contributed by atoms with van der Waals surface area (Å²) >= 11 is 0. The van der Waals surface area contributed by atoms with E-state index in [1.165, 1.54) is 0 Å². The van der Waals surface area contributed by atoms with E-state index in [0.29, 0.717) is 4.57 Å². The lowest BCUT2D eigenvalue weighted by molar-refractivity contribution is -0.147. The maximum Gasteiger partial charge on any atom is 0.451 e. The van der Waals surface area contributed by atoms with Crippen LogP contribution < -0.4 is 0 Å². The van der Waals surface area contributed by atoms with Crippen LogP contribution in [0.1, 0.15) is 16.4 Å². The van der Waals surface area contributed by atoms with Crippen LogP contribution in [0, 0.1) is 0 Å². The average molecular weight is 179 g/mol. The first-order chi connectivity index (χ1) is 5.46. The molecule has 4 nitrogen and oxygen atoms in total. The zero-order chi connectivity index (χ0) is 9.35. The molecule has 0 aliphatic rings. The molecule has 1 heterocycles. The van der Waals surface area contributed by atoms with E-state index in [1.54, 1.807) is 0 Å². The van der Waals surface area contributed by atoms with Gasteiger partial charge in [-0.3, -0.25) is 4.79 Å². The van der Waals surface area contributed by atoms with Gasteiger partial charge in [0.2, 0.25) is 5.82 Å². The molecule has 0 amide bonds. The van der Waals surface area contributed by atoms with E-state index >= 15 is 0 Å². The van der Waals surface area contributed by atoms with Gasteiger partial charge in [-0.1, -0.05) is 0 Å². The molecule has 0 aliphatic heterocycles. The molecule has 0 fully saturated rings. The molecule has 0 bridgehead atoms. The number of carbonyl (C=O) groups excluding carboxylic acids is 1. The summed E-state index contributed by atoms with van der Waals surface area (Å²) in [5, 5.41) is 5.84. The molecule has 1 aromatic rings. The van der Waals surface area contributed by atoms with Gasteiger partial charge in [0, 0.05) is 7.05 Å². The normalized spacial score (nSPS) is 11.7. The van der Waals surface area contributed by atoms with Gasteiger partial charge in [0.15, 0.2) is 12.1 Å². The molecule has 0 aliphatic carbocycles. The minimum atomic E-state index is -4.57. The first kappa shape index (κ1) is 8.69. The van der Waals surface area contributed by atoms with Crippen molar-refractivity contribution in [3.63, 3.8) is 0 Å². The van der Waals surface area contributed by atoms with E-state index in [1.807, 2.05) is 0 Å². The van der Waals surface area contributed by atoms with Gasteiger partial charge >= 0.3 is 6.18 Å². The Labute approximate surface area is 65.0 Å². The average Bonchev–Trinajstić information content (AvgIpc) is 2.29. The van der Waals surface area contributed by atoms with Gasteiger partial charge in [-0.15, -0.1) is 10.2 Å². The molecule has 0 aromatic carbocycles. The smallest absolute Gasteiger partial charge is 0.304 e. The predicted molar refractivity (Wildman–Crippen MR) is 31.4 cm³/mol. The van der Waals surface area contributed by atoms with Crippen molar-refractivity contribution >= 4 is 6.29 Å². The molecule has 7 heteroatoms. The van der Waals surface area contributed by atoms with E-state index in [2.05, 4.69) is 10.2 Å². The molecule has 0 saturated heterocycles. The molecule has 1 aromatic heterocycles. The van der Waals surface area contributed by atoms with Crippen LogP contribution in [0.15, 0.2) is 0 Å². The Morgan fingerprint density at radius 3 is 2.25 bits per heavy atom. The number of alkyl halides is 3. The molecule has 0 N–H and O–H groups in total. The van der Waals surface area contributed by atoms with Gasteiger partial charge in [-0.25, -0.2) is 0 Å². The maximum atomic E-state index is 12.0. The molecule has 66 valence electrons. The van der Waals surface area contributed by atoms with Crippen molar-refractivity contribution in [2.75, 3.05) is 0 Å². The lowest BCUT2D eigenvalue weighted by Gasteiger charge is -2.03. The van der Waals surface area contributed by atoms with Crippen molar-refractivity contribution in [1.82, 2.24) is 14.8 Å². The SMILES string of the molecule is Cn1c(C=O)nnc1C(F)(F)F. The van der Waals surface area contributed by atoms with Crippen molar-refractivity contribution < 1.29 is 18.0 Å². The van der Waals surface area contributed by atoms with Gasteiger partial charge in [0.25, 0.3) is 0 Å². The van der Waals surface area contributed by atoms with Crippen LogP contribution in [0.3, 0.4) is 0 Å².